The molecule has 0 spiro atoms. The number of rotatable bonds is 2. The maximum Gasteiger partial charge on any atom is 0.133 e. The Morgan fingerprint density at radius 3 is 2.24 bits per heavy atom. The summed E-state index contributed by atoms with van der Waals surface area (Å²) in [4.78, 5) is 0. The molecule has 2 aromatic carbocycles. The molecule has 1 radical (unpaired) electrons. The molecule has 0 aliphatic rings. The fraction of sp³-hybridized carbons (Fsp3) is 0.143. The molecule has 0 amide bonds. The van der Waals surface area contributed by atoms with Gasteiger partial charge in [0.25, 0.3) is 0 Å². The van der Waals surface area contributed by atoms with Crippen LogP contribution in [0, 0.1) is 23.5 Å². The Balaban J connectivity index is 2.68. The highest BCUT2D eigenvalue weighted by molar-refractivity contribution is 5.68. The van der Waals surface area contributed by atoms with Crippen molar-refractivity contribution in [2.24, 2.45) is 0 Å². The van der Waals surface area contributed by atoms with Gasteiger partial charge in [-0.15, -0.1) is 0 Å². The normalized spacial score (nSPS) is 10.6. The minimum Gasteiger partial charge on any atom is -0.206 e. The highest BCUT2D eigenvalue weighted by Gasteiger charge is 2.14. The summed E-state index contributed by atoms with van der Waals surface area (Å²) in [6, 6.07) is 8.67. The molecule has 0 heterocycles. The Hall–Kier alpha value is -1.77. The van der Waals surface area contributed by atoms with E-state index in [0.29, 0.717) is 17.5 Å². The lowest BCUT2D eigenvalue weighted by Crippen LogP contribution is -1.95. The van der Waals surface area contributed by atoms with Crippen LogP contribution in [-0.2, 0) is 6.42 Å². The third-order valence-electron chi connectivity index (χ3n) is 2.58. The van der Waals surface area contributed by atoms with E-state index in [1.165, 1.54) is 24.3 Å². The summed E-state index contributed by atoms with van der Waals surface area (Å²) in [5, 5.41) is 0. The molecule has 0 aliphatic carbocycles. The molecule has 2 aromatic rings. The second kappa shape index (κ2) is 4.62. The summed E-state index contributed by atoms with van der Waals surface area (Å²) in [5.74, 6) is -1.83. The van der Waals surface area contributed by atoms with Crippen molar-refractivity contribution in [2.75, 3.05) is 0 Å². The van der Waals surface area contributed by atoms with Gasteiger partial charge in [0.05, 0.1) is 5.56 Å². The van der Waals surface area contributed by atoms with E-state index in [0.717, 1.165) is 6.07 Å². The monoisotopic (exact) mass is 235 g/mol. The van der Waals surface area contributed by atoms with Crippen LogP contribution in [0.1, 0.15) is 12.5 Å². The van der Waals surface area contributed by atoms with Crippen LogP contribution < -0.4 is 0 Å². The van der Waals surface area contributed by atoms with Gasteiger partial charge in [-0.1, -0.05) is 19.1 Å². The van der Waals surface area contributed by atoms with Gasteiger partial charge in [-0.2, -0.15) is 0 Å². The number of halogens is 3. The number of hydrogen-bond donors (Lipinski definition) is 0. The fourth-order valence-electron chi connectivity index (χ4n) is 1.78. The Morgan fingerprint density at radius 2 is 1.65 bits per heavy atom. The van der Waals surface area contributed by atoms with Crippen LogP contribution in [-0.4, -0.2) is 0 Å². The zero-order valence-corrected chi connectivity index (χ0v) is 9.23. The predicted molar refractivity (Wildman–Crippen MR) is 60.0 cm³/mol. The van der Waals surface area contributed by atoms with Gasteiger partial charge in [0.15, 0.2) is 0 Å². The van der Waals surface area contributed by atoms with Gasteiger partial charge >= 0.3 is 0 Å². The SMILES string of the molecule is CCc1[c]c(F)ccc1-c1c(F)cccc1F. The smallest absolute Gasteiger partial charge is 0.133 e. The van der Waals surface area contributed by atoms with Gasteiger partial charge < -0.3 is 0 Å². The van der Waals surface area contributed by atoms with Crippen molar-refractivity contribution in [3.8, 4) is 11.1 Å². The number of aryl methyl sites for hydroxylation is 1. The summed E-state index contributed by atoms with van der Waals surface area (Å²) in [5.41, 5.74) is 0.694. The first kappa shape index (κ1) is 11.7. The molecule has 0 saturated heterocycles. The van der Waals surface area contributed by atoms with Crippen molar-refractivity contribution in [3.63, 3.8) is 0 Å². The van der Waals surface area contributed by atoms with Gasteiger partial charge in [-0.3, -0.25) is 0 Å². The highest BCUT2D eigenvalue weighted by Crippen LogP contribution is 2.29. The van der Waals surface area contributed by atoms with Crippen molar-refractivity contribution in [1.82, 2.24) is 0 Å². The molecule has 0 aliphatic heterocycles. The highest BCUT2D eigenvalue weighted by atomic mass is 19.1. The molecular weight excluding hydrogens is 225 g/mol. The van der Waals surface area contributed by atoms with Gasteiger partial charge in [-0.05, 0) is 35.7 Å². The average molecular weight is 235 g/mol. The molecule has 2 rings (SSSR count). The second-order valence-corrected chi connectivity index (χ2v) is 3.65. The summed E-state index contributed by atoms with van der Waals surface area (Å²) in [6.07, 6.45) is 0.459. The molecule has 0 aromatic heterocycles. The second-order valence-electron chi connectivity index (χ2n) is 3.65. The maximum absolute atomic E-state index is 13.6. The first-order valence-corrected chi connectivity index (χ1v) is 5.28. The maximum atomic E-state index is 13.6. The molecule has 0 N–H and O–H groups in total. The van der Waals surface area contributed by atoms with Gasteiger partial charge in [0.2, 0.25) is 0 Å². The summed E-state index contributed by atoms with van der Waals surface area (Å²) < 4.78 is 40.2. The van der Waals surface area contributed by atoms with Crippen LogP contribution in [0.15, 0.2) is 30.3 Å². The third-order valence-corrected chi connectivity index (χ3v) is 2.58. The first-order chi connectivity index (χ1) is 8.13. The molecule has 87 valence electrons. The van der Waals surface area contributed by atoms with Crippen molar-refractivity contribution in [3.05, 3.63) is 59.4 Å². The van der Waals surface area contributed by atoms with Crippen molar-refractivity contribution in [2.45, 2.75) is 13.3 Å². The minimum atomic E-state index is -0.653. The molecular formula is C14H10F3. The Kier molecular flexibility index (Phi) is 3.18. The predicted octanol–water partition coefficient (Wildman–Crippen LogP) is 4.13. The summed E-state index contributed by atoms with van der Waals surface area (Å²) >= 11 is 0. The van der Waals surface area contributed by atoms with Crippen LogP contribution in [0.5, 0.6) is 0 Å². The molecule has 0 fully saturated rings. The van der Waals surface area contributed by atoms with E-state index in [1.807, 2.05) is 0 Å². The van der Waals surface area contributed by atoms with Crippen LogP contribution in [0.2, 0.25) is 0 Å². The Labute approximate surface area is 97.7 Å². The van der Waals surface area contributed by atoms with Gasteiger partial charge in [-0.25, -0.2) is 13.2 Å². The Morgan fingerprint density at radius 1 is 1.00 bits per heavy atom. The van der Waals surface area contributed by atoms with E-state index in [4.69, 9.17) is 0 Å². The van der Waals surface area contributed by atoms with Crippen LogP contribution in [0.3, 0.4) is 0 Å². The van der Waals surface area contributed by atoms with Crippen molar-refractivity contribution in [1.29, 1.82) is 0 Å². The molecule has 0 bridgehead atoms. The van der Waals surface area contributed by atoms with Crippen LogP contribution in [0.4, 0.5) is 13.2 Å². The lowest BCUT2D eigenvalue weighted by atomic mass is 9.97. The molecule has 0 saturated carbocycles. The van der Waals surface area contributed by atoms with E-state index >= 15 is 0 Å². The lowest BCUT2D eigenvalue weighted by Gasteiger charge is -2.09. The molecule has 0 unspecified atom stereocenters. The van der Waals surface area contributed by atoms with E-state index < -0.39 is 17.5 Å². The average Bonchev–Trinajstić information content (AvgIpc) is 2.30. The molecule has 0 atom stereocenters. The number of benzene rings is 2. The minimum absolute atomic E-state index is 0.124. The van der Waals surface area contributed by atoms with Crippen molar-refractivity contribution < 1.29 is 13.2 Å². The standard InChI is InChI=1S/C14H10F3/c1-2-9-8-10(15)6-7-11(9)14-12(16)4-3-5-13(14)17/h3-7H,2H2,1H3. The molecule has 0 nitrogen and oxygen atoms in total. The number of hydrogen-bond acceptors (Lipinski definition) is 0. The van der Waals surface area contributed by atoms with E-state index in [9.17, 15) is 13.2 Å². The lowest BCUT2D eigenvalue weighted by molar-refractivity contribution is 0.588. The van der Waals surface area contributed by atoms with Gasteiger partial charge in [0, 0.05) is 6.07 Å². The first-order valence-electron chi connectivity index (χ1n) is 5.28. The van der Waals surface area contributed by atoms with E-state index in [1.54, 1.807) is 6.92 Å². The summed E-state index contributed by atoms with van der Waals surface area (Å²) in [6.45, 7) is 1.79. The zero-order valence-electron chi connectivity index (χ0n) is 9.23. The topological polar surface area (TPSA) is 0 Å². The Bertz CT molecular complexity index is 527. The quantitative estimate of drug-likeness (QED) is 0.734. The molecule has 17 heavy (non-hydrogen) atoms. The van der Waals surface area contributed by atoms with Crippen LogP contribution in [0.25, 0.3) is 11.1 Å². The van der Waals surface area contributed by atoms with Gasteiger partial charge in [0.1, 0.15) is 17.5 Å². The molecule has 3 heteroatoms. The van der Waals surface area contributed by atoms with Crippen LogP contribution >= 0.6 is 0 Å². The fourth-order valence-corrected chi connectivity index (χ4v) is 1.78. The van der Waals surface area contributed by atoms with E-state index in [-0.39, 0.29) is 5.56 Å². The van der Waals surface area contributed by atoms with E-state index in [2.05, 4.69) is 6.07 Å². The summed E-state index contributed by atoms with van der Waals surface area (Å²) in [7, 11) is 0. The largest absolute Gasteiger partial charge is 0.206 e. The zero-order chi connectivity index (χ0) is 12.4. The third kappa shape index (κ3) is 2.18. The van der Waals surface area contributed by atoms with Crippen molar-refractivity contribution >= 4 is 0 Å².